The molecule has 5 rings (SSSR count). The molecular weight excluding hydrogens is 408 g/mol. The molecule has 2 fully saturated rings. The van der Waals surface area contributed by atoms with Crippen molar-refractivity contribution in [3.8, 4) is 0 Å². The number of nitrogens with zero attached hydrogens (tertiary/aromatic N) is 5. The van der Waals surface area contributed by atoms with E-state index in [1.807, 2.05) is 0 Å². The Morgan fingerprint density at radius 1 is 1.19 bits per heavy atom. The van der Waals surface area contributed by atoms with Gasteiger partial charge in [0.1, 0.15) is 0 Å². The molecule has 1 amide bonds. The van der Waals surface area contributed by atoms with Crippen LogP contribution in [-0.2, 0) is 18.3 Å². The number of carbonyl (C=O) groups excluding carboxylic acids is 1. The Morgan fingerprint density at radius 2 is 1.94 bits per heavy atom. The Bertz CT molecular complexity index is 1100. The lowest BCUT2D eigenvalue weighted by Gasteiger charge is -2.47. The van der Waals surface area contributed by atoms with Gasteiger partial charge in [-0.25, -0.2) is 15.4 Å². The van der Waals surface area contributed by atoms with E-state index in [1.54, 1.807) is 5.48 Å². The third kappa shape index (κ3) is 3.94. The average molecular weight is 437 g/mol. The Hall–Kier alpha value is -3.01. The van der Waals surface area contributed by atoms with Crippen LogP contribution in [0.2, 0.25) is 0 Å². The molecule has 0 aliphatic carbocycles. The van der Waals surface area contributed by atoms with Gasteiger partial charge in [-0.05, 0) is 30.4 Å². The normalized spacial score (nSPS) is 18.9. The van der Waals surface area contributed by atoms with E-state index < -0.39 is 5.91 Å². The van der Waals surface area contributed by atoms with Crippen molar-refractivity contribution in [3.63, 3.8) is 0 Å². The number of hydrogen-bond donors (Lipinski definition) is 2. The minimum atomic E-state index is -0.617. The standard InChI is InChI=1S/C23H28N6O3/c1-27-19(12-17-4-2-3-5-20(17)27)15-28-8-6-23(7-9-28)16-29(10-11-32-23)22-24-13-18(14-25-22)21(30)26-31/h2-5,12-14,31H,6-11,15-16H2,1H3,(H,26,30). The molecule has 0 atom stereocenters. The molecule has 32 heavy (non-hydrogen) atoms. The van der Waals surface area contributed by atoms with Crippen LogP contribution in [0.25, 0.3) is 10.9 Å². The molecule has 3 aromatic rings. The molecule has 0 saturated carbocycles. The summed E-state index contributed by atoms with van der Waals surface area (Å²) in [6, 6.07) is 10.8. The fraction of sp³-hybridized carbons (Fsp3) is 0.435. The van der Waals surface area contributed by atoms with E-state index >= 15 is 0 Å². The van der Waals surface area contributed by atoms with Crippen LogP contribution in [0.4, 0.5) is 5.95 Å². The van der Waals surface area contributed by atoms with Crippen molar-refractivity contribution in [2.24, 2.45) is 7.05 Å². The number of carbonyl (C=O) groups is 1. The van der Waals surface area contributed by atoms with E-state index in [0.29, 0.717) is 19.1 Å². The second-order valence-electron chi connectivity index (χ2n) is 8.70. The lowest BCUT2D eigenvalue weighted by Crippen LogP contribution is -2.57. The quantitative estimate of drug-likeness (QED) is 0.477. The summed E-state index contributed by atoms with van der Waals surface area (Å²) in [5.74, 6) is -0.0337. The zero-order valence-corrected chi connectivity index (χ0v) is 18.2. The summed E-state index contributed by atoms with van der Waals surface area (Å²) in [7, 11) is 2.14. The van der Waals surface area contributed by atoms with Gasteiger partial charge < -0.3 is 14.2 Å². The van der Waals surface area contributed by atoms with Crippen LogP contribution in [0, 0.1) is 0 Å². The van der Waals surface area contributed by atoms with Gasteiger partial charge in [-0.2, -0.15) is 0 Å². The van der Waals surface area contributed by atoms with Gasteiger partial charge in [0.05, 0.1) is 24.3 Å². The highest BCUT2D eigenvalue weighted by Gasteiger charge is 2.40. The number of fused-ring (bicyclic) bond motifs is 1. The van der Waals surface area contributed by atoms with Crippen LogP contribution in [-0.4, -0.2) is 68.9 Å². The molecule has 9 heteroatoms. The molecule has 2 saturated heterocycles. The number of piperidine rings is 1. The smallest absolute Gasteiger partial charge is 0.277 e. The van der Waals surface area contributed by atoms with Gasteiger partial charge in [0.15, 0.2) is 0 Å². The van der Waals surface area contributed by atoms with Gasteiger partial charge in [0.2, 0.25) is 5.95 Å². The molecule has 4 heterocycles. The predicted octanol–water partition coefficient (Wildman–Crippen LogP) is 1.96. The number of nitrogens with one attached hydrogen (secondary N) is 1. The number of ether oxygens (including phenoxy) is 1. The largest absolute Gasteiger partial charge is 0.371 e. The minimum Gasteiger partial charge on any atom is -0.371 e. The molecule has 2 aromatic heterocycles. The number of hydroxylamine groups is 1. The highest BCUT2D eigenvalue weighted by atomic mass is 16.5. The summed E-state index contributed by atoms with van der Waals surface area (Å²) >= 11 is 0. The van der Waals surface area contributed by atoms with Crippen molar-refractivity contribution in [1.82, 2.24) is 24.9 Å². The number of rotatable bonds is 4. The van der Waals surface area contributed by atoms with E-state index in [0.717, 1.165) is 39.0 Å². The summed E-state index contributed by atoms with van der Waals surface area (Å²) < 4.78 is 8.57. The van der Waals surface area contributed by atoms with E-state index in [2.05, 4.69) is 61.7 Å². The maximum Gasteiger partial charge on any atom is 0.277 e. The van der Waals surface area contributed by atoms with E-state index in [1.165, 1.54) is 29.0 Å². The maximum absolute atomic E-state index is 11.5. The zero-order valence-electron chi connectivity index (χ0n) is 18.2. The van der Waals surface area contributed by atoms with Crippen molar-refractivity contribution in [2.45, 2.75) is 25.0 Å². The highest BCUT2D eigenvalue weighted by Crippen LogP contribution is 2.32. The summed E-state index contributed by atoms with van der Waals surface area (Å²) in [6.45, 7) is 4.97. The number of hydrogen-bond acceptors (Lipinski definition) is 7. The average Bonchev–Trinajstić information content (AvgIpc) is 3.15. The summed E-state index contributed by atoms with van der Waals surface area (Å²) in [6.07, 6.45) is 4.78. The van der Waals surface area contributed by atoms with Gasteiger partial charge >= 0.3 is 0 Å². The van der Waals surface area contributed by atoms with Crippen molar-refractivity contribution in [2.75, 3.05) is 37.7 Å². The van der Waals surface area contributed by atoms with Crippen molar-refractivity contribution >= 4 is 22.8 Å². The van der Waals surface area contributed by atoms with Crippen molar-refractivity contribution < 1.29 is 14.7 Å². The fourth-order valence-corrected chi connectivity index (χ4v) is 4.83. The molecule has 168 valence electrons. The number of likely N-dealkylation sites (tertiary alicyclic amines) is 1. The Morgan fingerprint density at radius 3 is 2.66 bits per heavy atom. The zero-order chi connectivity index (χ0) is 22.1. The Labute approximate surface area is 186 Å². The molecule has 0 bridgehead atoms. The molecule has 2 N–H and O–H groups in total. The van der Waals surface area contributed by atoms with Crippen LogP contribution in [0.5, 0.6) is 0 Å². The third-order valence-electron chi connectivity index (χ3n) is 6.74. The summed E-state index contributed by atoms with van der Waals surface area (Å²) in [5.41, 5.74) is 4.22. The maximum atomic E-state index is 11.5. The predicted molar refractivity (Wildman–Crippen MR) is 120 cm³/mol. The summed E-state index contributed by atoms with van der Waals surface area (Å²) in [4.78, 5) is 24.8. The summed E-state index contributed by atoms with van der Waals surface area (Å²) in [5, 5.41) is 10.0. The number of aryl methyl sites for hydroxylation is 1. The topological polar surface area (TPSA) is 95.8 Å². The molecule has 1 aromatic carbocycles. The lowest BCUT2D eigenvalue weighted by atomic mass is 9.89. The lowest BCUT2D eigenvalue weighted by molar-refractivity contribution is -0.0925. The first-order valence-electron chi connectivity index (χ1n) is 11.0. The first-order valence-corrected chi connectivity index (χ1v) is 11.0. The highest BCUT2D eigenvalue weighted by molar-refractivity contribution is 5.92. The van der Waals surface area contributed by atoms with Gasteiger partial charge in [0.25, 0.3) is 5.91 Å². The van der Waals surface area contributed by atoms with Crippen LogP contribution in [0.1, 0.15) is 28.9 Å². The van der Waals surface area contributed by atoms with Gasteiger partial charge in [-0.15, -0.1) is 0 Å². The number of benzene rings is 1. The van der Waals surface area contributed by atoms with E-state index in [4.69, 9.17) is 9.94 Å². The molecule has 2 aliphatic rings. The number of para-hydroxylation sites is 1. The molecule has 0 unspecified atom stereocenters. The van der Waals surface area contributed by atoms with Crippen LogP contribution >= 0.6 is 0 Å². The Balaban J connectivity index is 1.22. The van der Waals surface area contributed by atoms with E-state index in [-0.39, 0.29) is 11.2 Å². The Kier molecular flexibility index (Phi) is 5.54. The second-order valence-corrected chi connectivity index (χ2v) is 8.70. The van der Waals surface area contributed by atoms with E-state index in [9.17, 15) is 4.79 Å². The molecule has 9 nitrogen and oxygen atoms in total. The minimum absolute atomic E-state index is 0.196. The first kappa shape index (κ1) is 20.9. The number of amides is 1. The fourth-order valence-electron chi connectivity index (χ4n) is 4.83. The van der Waals surface area contributed by atoms with Crippen LogP contribution in [0.15, 0.2) is 42.7 Å². The molecular formula is C23H28N6O3. The number of aromatic nitrogens is 3. The number of morpholine rings is 1. The van der Waals surface area contributed by atoms with Gasteiger partial charge in [-0.3, -0.25) is 14.9 Å². The molecule has 0 radical (unpaired) electrons. The second kappa shape index (κ2) is 8.50. The first-order chi connectivity index (χ1) is 15.6. The monoisotopic (exact) mass is 436 g/mol. The van der Waals surface area contributed by atoms with Gasteiger partial charge in [-0.1, -0.05) is 18.2 Å². The van der Waals surface area contributed by atoms with Crippen LogP contribution < -0.4 is 10.4 Å². The van der Waals surface area contributed by atoms with Gasteiger partial charge in [0, 0.05) is 56.8 Å². The molecule has 1 spiro atoms. The van der Waals surface area contributed by atoms with Crippen molar-refractivity contribution in [3.05, 3.63) is 54.0 Å². The third-order valence-corrected chi connectivity index (χ3v) is 6.74. The van der Waals surface area contributed by atoms with Crippen LogP contribution in [0.3, 0.4) is 0 Å². The SMILES string of the molecule is Cn1c(CN2CCC3(CC2)CN(c2ncc(C(=O)NO)cn2)CCO3)cc2ccccc21. The number of anilines is 1. The van der Waals surface area contributed by atoms with Crippen molar-refractivity contribution in [1.29, 1.82) is 0 Å². The molecule has 2 aliphatic heterocycles.